The van der Waals surface area contributed by atoms with Crippen LogP contribution in [0.4, 0.5) is 5.69 Å². The SMILES string of the molecule is CCOc1ccccc1NC(=O)C(OC(=O)C(C)OCC1CCCO1)C(C)C. The van der Waals surface area contributed by atoms with Crippen molar-refractivity contribution in [3.63, 3.8) is 0 Å². The molecule has 1 amide bonds. The third-order valence-corrected chi connectivity index (χ3v) is 4.44. The van der Waals surface area contributed by atoms with E-state index in [1.54, 1.807) is 25.1 Å². The molecule has 0 bridgehead atoms. The van der Waals surface area contributed by atoms with Crippen LogP contribution in [0.25, 0.3) is 0 Å². The number of amides is 1. The molecular formula is C21H31NO6. The van der Waals surface area contributed by atoms with Gasteiger partial charge in [0, 0.05) is 6.61 Å². The summed E-state index contributed by atoms with van der Waals surface area (Å²) < 4.78 is 22.0. The van der Waals surface area contributed by atoms with Crippen LogP contribution in [0.2, 0.25) is 0 Å². The molecule has 1 heterocycles. The van der Waals surface area contributed by atoms with Gasteiger partial charge in [-0.2, -0.15) is 0 Å². The van der Waals surface area contributed by atoms with Gasteiger partial charge in [0.15, 0.2) is 12.2 Å². The van der Waals surface area contributed by atoms with Gasteiger partial charge in [0.05, 0.1) is 25.0 Å². The van der Waals surface area contributed by atoms with E-state index in [9.17, 15) is 9.59 Å². The number of para-hydroxylation sites is 2. The minimum atomic E-state index is -0.934. The predicted molar refractivity (Wildman–Crippen MR) is 105 cm³/mol. The normalized spacial score (nSPS) is 18.5. The van der Waals surface area contributed by atoms with Gasteiger partial charge in [-0.3, -0.25) is 4.79 Å². The standard InChI is InChI=1S/C21H31NO6/c1-5-25-18-11-7-6-10-17(18)22-20(23)19(14(2)3)28-21(24)15(4)27-13-16-9-8-12-26-16/h6-7,10-11,14-16,19H,5,8-9,12-13H2,1-4H3,(H,22,23). The number of esters is 1. The number of benzene rings is 1. The first-order valence-electron chi connectivity index (χ1n) is 9.88. The Balaban J connectivity index is 1.94. The van der Waals surface area contributed by atoms with Crippen LogP contribution in [-0.4, -0.2) is 50.0 Å². The summed E-state index contributed by atoms with van der Waals surface area (Å²) in [4.78, 5) is 25.1. The molecule has 1 fully saturated rings. The Morgan fingerprint density at radius 3 is 2.64 bits per heavy atom. The second kappa shape index (κ2) is 11.0. The summed E-state index contributed by atoms with van der Waals surface area (Å²) in [6.45, 7) is 8.69. The van der Waals surface area contributed by atoms with Crippen molar-refractivity contribution in [2.45, 2.75) is 58.8 Å². The first kappa shape index (κ1) is 22.2. The van der Waals surface area contributed by atoms with Crippen LogP contribution in [0, 0.1) is 5.92 Å². The van der Waals surface area contributed by atoms with Crippen molar-refractivity contribution in [1.29, 1.82) is 0 Å². The number of carbonyl (C=O) groups excluding carboxylic acids is 2. The summed E-state index contributed by atoms with van der Waals surface area (Å²) in [7, 11) is 0. The molecule has 1 aromatic rings. The van der Waals surface area contributed by atoms with Crippen LogP contribution in [0.1, 0.15) is 40.5 Å². The number of carbonyl (C=O) groups is 2. The lowest BCUT2D eigenvalue weighted by atomic mass is 10.1. The summed E-state index contributed by atoms with van der Waals surface area (Å²) >= 11 is 0. The maximum atomic E-state index is 12.7. The van der Waals surface area contributed by atoms with Crippen molar-refractivity contribution < 1.29 is 28.5 Å². The molecule has 1 N–H and O–H groups in total. The van der Waals surface area contributed by atoms with Crippen molar-refractivity contribution in [2.24, 2.45) is 5.92 Å². The minimum Gasteiger partial charge on any atom is -0.492 e. The first-order chi connectivity index (χ1) is 13.4. The molecule has 1 aliphatic rings. The van der Waals surface area contributed by atoms with Crippen molar-refractivity contribution >= 4 is 17.6 Å². The Kier molecular flexibility index (Phi) is 8.73. The summed E-state index contributed by atoms with van der Waals surface area (Å²) in [5, 5.41) is 2.80. The predicted octanol–water partition coefficient (Wildman–Crippen LogP) is 3.18. The largest absolute Gasteiger partial charge is 0.492 e. The topological polar surface area (TPSA) is 83.1 Å². The van der Waals surface area contributed by atoms with E-state index in [-0.39, 0.29) is 12.0 Å². The van der Waals surface area contributed by atoms with Gasteiger partial charge in [-0.15, -0.1) is 0 Å². The molecule has 3 unspecified atom stereocenters. The third-order valence-electron chi connectivity index (χ3n) is 4.44. The second-order valence-corrected chi connectivity index (χ2v) is 7.13. The molecule has 7 nitrogen and oxygen atoms in total. The fourth-order valence-electron chi connectivity index (χ4n) is 2.86. The van der Waals surface area contributed by atoms with Gasteiger partial charge < -0.3 is 24.3 Å². The highest BCUT2D eigenvalue weighted by atomic mass is 16.6. The highest BCUT2D eigenvalue weighted by molar-refractivity contribution is 5.96. The van der Waals surface area contributed by atoms with Gasteiger partial charge in [-0.05, 0) is 44.7 Å². The average Bonchev–Trinajstić information content (AvgIpc) is 3.19. The molecule has 3 atom stereocenters. The van der Waals surface area contributed by atoms with Crippen LogP contribution in [-0.2, 0) is 23.8 Å². The van der Waals surface area contributed by atoms with E-state index >= 15 is 0 Å². The van der Waals surface area contributed by atoms with Gasteiger partial charge >= 0.3 is 5.97 Å². The summed E-state index contributed by atoms with van der Waals surface area (Å²) in [6.07, 6.45) is 0.253. The van der Waals surface area contributed by atoms with E-state index in [0.717, 1.165) is 19.4 Å². The van der Waals surface area contributed by atoms with Gasteiger partial charge in [0.25, 0.3) is 5.91 Å². The van der Waals surface area contributed by atoms with Crippen molar-refractivity contribution in [1.82, 2.24) is 0 Å². The molecule has 156 valence electrons. The number of hydrogen-bond donors (Lipinski definition) is 1. The Hall–Kier alpha value is -2.12. The van der Waals surface area contributed by atoms with Crippen molar-refractivity contribution in [2.75, 3.05) is 25.1 Å². The van der Waals surface area contributed by atoms with Crippen LogP contribution in [0.15, 0.2) is 24.3 Å². The maximum Gasteiger partial charge on any atom is 0.335 e. The van der Waals surface area contributed by atoms with Crippen molar-refractivity contribution in [3.05, 3.63) is 24.3 Å². The molecule has 7 heteroatoms. The fourth-order valence-corrected chi connectivity index (χ4v) is 2.86. The summed E-state index contributed by atoms with van der Waals surface area (Å²) in [5.41, 5.74) is 0.540. The molecule has 1 saturated heterocycles. The highest BCUT2D eigenvalue weighted by Crippen LogP contribution is 2.24. The van der Waals surface area contributed by atoms with Crippen LogP contribution >= 0.6 is 0 Å². The van der Waals surface area contributed by atoms with Crippen molar-refractivity contribution in [3.8, 4) is 5.75 Å². The maximum absolute atomic E-state index is 12.7. The lowest BCUT2D eigenvalue weighted by molar-refractivity contribution is -0.168. The molecule has 2 rings (SSSR count). The Morgan fingerprint density at radius 2 is 2.00 bits per heavy atom. The number of ether oxygens (including phenoxy) is 4. The molecular weight excluding hydrogens is 362 g/mol. The van der Waals surface area contributed by atoms with Gasteiger partial charge in [-0.1, -0.05) is 26.0 Å². The zero-order chi connectivity index (χ0) is 20.5. The third kappa shape index (κ3) is 6.49. The molecule has 0 radical (unpaired) electrons. The van der Waals surface area contributed by atoms with Crippen LogP contribution in [0.3, 0.4) is 0 Å². The minimum absolute atomic E-state index is 0.0227. The molecule has 1 aromatic carbocycles. The highest BCUT2D eigenvalue weighted by Gasteiger charge is 2.30. The Labute approximate surface area is 166 Å². The Bertz CT molecular complexity index is 642. The average molecular weight is 393 g/mol. The summed E-state index contributed by atoms with van der Waals surface area (Å²) in [5.74, 6) is -0.596. The first-order valence-corrected chi connectivity index (χ1v) is 9.88. The van der Waals surface area contributed by atoms with Crippen LogP contribution < -0.4 is 10.1 Å². The number of hydrogen-bond acceptors (Lipinski definition) is 6. The zero-order valence-corrected chi connectivity index (χ0v) is 17.1. The van der Waals surface area contributed by atoms with E-state index in [0.29, 0.717) is 24.7 Å². The van der Waals surface area contributed by atoms with Gasteiger partial charge in [0.2, 0.25) is 0 Å². The Morgan fingerprint density at radius 1 is 1.25 bits per heavy atom. The molecule has 0 aromatic heterocycles. The molecule has 0 saturated carbocycles. The van der Waals surface area contributed by atoms with E-state index in [2.05, 4.69) is 5.32 Å². The van der Waals surface area contributed by atoms with E-state index < -0.39 is 24.1 Å². The number of rotatable bonds is 10. The van der Waals surface area contributed by atoms with E-state index in [1.807, 2.05) is 26.8 Å². The fraction of sp³-hybridized carbons (Fsp3) is 0.619. The molecule has 0 spiro atoms. The second-order valence-electron chi connectivity index (χ2n) is 7.13. The molecule has 28 heavy (non-hydrogen) atoms. The zero-order valence-electron chi connectivity index (χ0n) is 17.1. The smallest absolute Gasteiger partial charge is 0.335 e. The lowest BCUT2D eigenvalue weighted by Crippen LogP contribution is -2.39. The molecule has 1 aliphatic heterocycles. The lowest BCUT2D eigenvalue weighted by Gasteiger charge is -2.23. The number of anilines is 1. The van der Waals surface area contributed by atoms with E-state index in [1.165, 1.54) is 0 Å². The quantitative estimate of drug-likeness (QED) is 0.615. The number of nitrogens with one attached hydrogen (secondary N) is 1. The monoisotopic (exact) mass is 393 g/mol. The van der Waals surface area contributed by atoms with Gasteiger partial charge in [0.1, 0.15) is 5.75 Å². The van der Waals surface area contributed by atoms with Crippen LogP contribution in [0.5, 0.6) is 5.75 Å². The van der Waals surface area contributed by atoms with E-state index in [4.69, 9.17) is 18.9 Å². The van der Waals surface area contributed by atoms with Gasteiger partial charge in [-0.25, -0.2) is 4.79 Å². The summed E-state index contributed by atoms with van der Waals surface area (Å²) in [6, 6.07) is 7.15. The molecule has 0 aliphatic carbocycles.